The number of rotatable bonds is 4. The Kier molecular flexibility index (Phi) is 4.91. The van der Waals surface area contributed by atoms with Crippen LogP contribution in [0.15, 0.2) is 42.5 Å². The monoisotopic (exact) mass is 566 g/mol. The van der Waals surface area contributed by atoms with Crippen LogP contribution in [0.5, 0.6) is 0 Å². The average molecular weight is 567 g/mol. The van der Waals surface area contributed by atoms with Gasteiger partial charge in [-0.3, -0.25) is 19.1 Å². The first-order valence-electron chi connectivity index (χ1n) is 12.1. The summed E-state index contributed by atoms with van der Waals surface area (Å²) >= 11 is 0. The van der Waals surface area contributed by atoms with Crippen LogP contribution in [0.4, 0.5) is 0 Å². The molecule has 0 fully saturated rings. The fourth-order valence-electron chi connectivity index (χ4n) is 6.15. The molecule has 39 heavy (non-hydrogen) atoms. The van der Waals surface area contributed by atoms with E-state index in [-0.39, 0.29) is 25.3 Å². The molecule has 0 saturated heterocycles. The van der Waals surface area contributed by atoms with Gasteiger partial charge in [-0.05, 0) is 11.6 Å². The zero-order valence-electron chi connectivity index (χ0n) is 20.8. The molecule has 7 rings (SSSR count). The molecule has 1 atom stereocenters. The molecular formula is C26H22N4O7S2. The maximum Gasteiger partial charge on any atom is 0.264 e. The lowest BCUT2D eigenvalue weighted by atomic mass is 9.96. The normalized spacial score (nSPS) is 18.4. The molecule has 5 aromatic rings. The highest BCUT2D eigenvalue weighted by Gasteiger charge is 2.38. The molecule has 2 N–H and O–H groups in total. The third kappa shape index (κ3) is 3.47. The van der Waals surface area contributed by atoms with Crippen molar-refractivity contribution in [3.8, 4) is 0 Å². The van der Waals surface area contributed by atoms with Gasteiger partial charge in [-0.2, -0.15) is 12.7 Å². The molecule has 0 unspecified atom stereocenters. The fourth-order valence-corrected chi connectivity index (χ4v) is 7.59. The highest BCUT2D eigenvalue weighted by atomic mass is 32.2. The van der Waals surface area contributed by atoms with E-state index in [2.05, 4.69) is 10.3 Å². The van der Waals surface area contributed by atoms with Crippen LogP contribution in [0.2, 0.25) is 0 Å². The Morgan fingerprint density at radius 3 is 2.31 bits per heavy atom. The summed E-state index contributed by atoms with van der Waals surface area (Å²) in [6, 6.07) is 12.0. The van der Waals surface area contributed by atoms with E-state index in [0.29, 0.717) is 43.8 Å². The molecule has 3 aromatic carbocycles. The number of aromatic amines is 1. The second-order valence-corrected chi connectivity index (χ2v) is 13.6. The Hall–Kier alpha value is -3.78. The third-order valence-electron chi connectivity index (χ3n) is 7.57. The Bertz CT molecular complexity index is 2160. The van der Waals surface area contributed by atoms with Crippen LogP contribution in [0.3, 0.4) is 0 Å². The van der Waals surface area contributed by atoms with Crippen LogP contribution in [-0.4, -0.2) is 67.7 Å². The third-order valence-corrected chi connectivity index (χ3v) is 9.41. The van der Waals surface area contributed by atoms with Crippen molar-refractivity contribution in [1.29, 1.82) is 0 Å². The Morgan fingerprint density at radius 1 is 0.897 bits per heavy atom. The first-order valence-corrected chi connectivity index (χ1v) is 15.8. The minimum Gasteiger partial charge on any atom is -0.353 e. The summed E-state index contributed by atoms with van der Waals surface area (Å²) in [5.74, 6) is -0.970. The quantitative estimate of drug-likeness (QED) is 0.251. The molecule has 2 amide bonds. The van der Waals surface area contributed by atoms with Crippen molar-refractivity contribution in [2.24, 2.45) is 0 Å². The van der Waals surface area contributed by atoms with Crippen LogP contribution in [0, 0.1) is 0 Å². The van der Waals surface area contributed by atoms with Gasteiger partial charge < -0.3 is 9.55 Å². The van der Waals surface area contributed by atoms with Gasteiger partial charge in [0, 0.05) is 40.2 Å². The second-order valence-electron chi connectivity index (χ2n) is 10.1. The van der Waals surface area contributed by atoms with Gasteiger partial charge in [0.2, 0.25) is 10.0 Å². The van der Waals surface area contributed by atoms with Crippen molar-refractivity contribution in [3.05, 3.63) is 59.2 Å². The molecule has 2 aliphatic heterocycles. The number of para-hydroxylation sites is 2. The van der Waals surface area contributed by atoms with Crippen molar-refractivity contribution in [3.63, 3.8) is 0 Å². The van der Waals surface area contributed by atoms with E-state index in [1.165, 1.54) is 4.31 Å². The summed E-state index contributed by atoms with van der Waals surface area (Å²) in [6.45, 7) is -0.354. The summed E-state index contributed by atoms with van der Waals surface area (Å²) < 4.78 is 57.9. The molecule has 200 valence electrons. The van der Waals surface area contributed by atoms with Crippen LogP contribution >= 0.6 is 0 Å². The lowest BCUT2D eigenvalue weighted by Crippen LogP contribution is -2.43. The van der Waals surface area contributed by atoms with Crippen molar-refractivity contribution < 1.29 is 30.6 Å². The highest BCUT2D eigenvalue weighted by molar-refractivity contribution is 7.88. The van der Waals surface area contributed by atoms with Crippen molar-refractivity contribution >= 4 is 75.6 Å². The predicted octanol–water partition coefficient (Wildman–Crippen LogP) is 2.43. The Morgan fingerprint density at radius 2 is 1.59 bits per heavy atom. The second kappa shape index (κ2) is 7.88. The summed E-state index contributed by atoms with van der Waals surface area (Å²) in [7, 11) is -7.63. The fraction of sp³-hybridized carbons (Fsp3) is 0.231. The van der Waals surface area contributed by atoms with Crippen LogP contribution in [0.1, 0.15) is 26.3 Å². The number of carbonyl (C=O) groups is 2. The van der Waals surface area contributed by atoms with E-state index in [1.54, 1.807) is 6.07 Å². The number of fused-ring (bicyclic) bond motifs is 10. The van der Waals surface area contributed by atoms with Gasteiger partial charge in [0.1, 0.15) is 0 Å². The zero-order valence-corrected chi connectivity index (χ0v) is 22.4. The number of benzene rings is 3. The summed E-state index contributed by atoms with van der Waals surface area (Å²) in [4.78, 5) is 29.8. The van der Waals surface area contributed by atoms with Gasteiger partial charge in [-0.1, -0.05) is 36.4 Å². The molecule has 2 aliphatic rings. The van der Waals surface area contributed by atoms with Gasteiger partial charge >= 0.3 is 0 Å². The Balaban J connectivity index is 1.65. The van der Waals surface area contributed by atoms with E-state index in [0.717, 1.165) is 23.4 Å². The van der Waals surface area contributed by atoms with E-state index in [9.17, 15) is 26.4 Å². The summed E-state index contributed by atoms with van der Waals surface area (Å²) in [6.07, 6.45) is 2.00. The molecule has 0 saturated carbocycles. The van der Waals surface area contributed by atoms with E-state index >= 15 is 0 Å². The minimum atomic E-state index is -3.85. The lowest BCUT2D eigenvalue weighted by Gasteiger charge is -2.27. The number of sulfonamides is 1. The molecule has 0 spiro atoms. The number of carbonyl (C=O) groups excluding carboxylic acids is 2. The molecule has 11 nitrogen and oxygen atoms in total. The number of H-pyrrole nitrogens is 1. The van der Waals surface area contributed by atoms with Gasteiger partial charge in [-0.25, -0.2) is 8.42 Å². The molecule has 4 heterocycles. The zero-order chi connectivity index (χ0) is 27.4. The molecule has 0 bridgehead atoms. The molecule has 13 heteroatoms. The topological polar surface area (TPSA) is 148 Å². The number of amides is 2. The molecular weight excluding hydrogens is 544 g/mol. The largest absolute Gasteiger partial charge is 0.353 e. The van der Waals surface area contributed by atoms with Gasteiger partial charge in [-0.15, -0.1) is 0 Å². The SMILES string of the molecule is CS(=O)(=O)OC[C@H]1Cn2c3c(cccc3c3c4c(c5c6ccccc6[nH]c5c32)C(=O)NC4=O)CN1S(C)(=O)=O. The van der Waals surface area contributed by atoms with Crippen molar-refractivity contribution in [2.45, 2.75) is 19.1 Å². The van der Waals surface area contributed by atoms with Gasteiger partial charge in [0.15, 0.2) is 0 Å². The summed E-state index contributed by atoms with van der Waals surface area (Å²) in [5, 5.41) is 5.11. The van der Waals surface area contributed by atoms with Crippen molar-refractivity contribution in [2.75, 3.05) is 19.1 Å². The first-order chi connectivity index (χ1) is 18.4. The van der Waals surface area contributed by atoms with Crippen LogP contribution in [-0.2, 0) is 37.4 Å². The number of imide groups is 1. The standard InChI is InChI=1S/C26H22N4O7S2/c1-38(33,34)30-10-13-6-5-8-16-19-21-20(25(31)28-26(21)32)18-15-7-3-4-9-17(15)27-22(18)24(19)29(23(13)16)11-14(30)12-37-39(2,35)36/h3-9,14,27H,10-12H2,1-2H3,(H,28,31,32)/t14-/m1/s1. The molecule has 0 aliphatic carbocycles. The number of nitrogens with one attached hydrogen (secondary N) is 2. The maximum atomic E-state index is 13.2. The maximum absolute atomic E-state index is 13.2. The van der Waals surface area contributed by atoms with E-state index in [4.69, 9.17) is 4.18 Å². The lowest BCUT2D eigenvalue weighted by molar-refractivity contribution is 0.0880. The van der Waals surface area contributed by atoms with E-state index in [1.807, 2.05) is 41.0 Å². The summed E-state index contributed by atoms with van der Waals surface area (Å²) in [5.41, 5.74) is 4.01. The number of nitrogens with zero attached hydrogens (tertiary/aromatic N) is 2. The Labute approximate surface area is 222 Å². The van der Waals surface area contributed by atoms with Gasteiger partial charge in [0.05, 0.1) is 52.8 Å². The smallest absolute Gasteiger partial charge is 0.264 e. The minimum absolute atomic E-state index is 0.0204. The van der Waals surface area contributed by atoms with E-state index < -0.39 is 38.0 Å². The van der Waals surface area contributed by atoms with Gasteiger partial charge in [0.25, 0.3) is 21.9 Å². The number of hydrogen-bond donors (Lipinski definition) is 2. The average Bonchev–Trinajstić information content (AvgIpc) is 3.44. The molecule has 0 radical (unpaired) electrons. The van der Waals surface area contributed by atoms with Crippen LogP contribution in [0.25, 0.3) is 43.6 Å². The molecule has 2 aromatic heterocycles. The first kappa shape index (κ1) is 24.3. The van der Waals surface area contributed by atoms with Crippen LogP contribution < -0.4 is 5.32 Å². The predicted molar refractivity (Wildman–Crippen MR) is 146 cm³/mol. The number of hydrogen-bond acceptors (Lipinski definition) is 7. The van der Waals surface area contributed by atoms with Crippen molar-refractivity contribution in [1.82, 2.24) is 19.2 Å². The highest BCUT2D eigenvalue weighted by Crippen LogP contribution is 2.45. The number of aromatic nitrogens is 2.